The highest BCUT2D eigenvalue weighted by atomic mass is 16.6. The number of carbonyl (C=O) groups is 2. The molecule has 0 unspecified atom stereocenters. The lowest BCUT2D eigenvalue weighted by molar-refractivity contribution is 0.0690. The van der Waals surface area contributed by atoms with Gasteiger partial charge in [-0.15, -0.1) is 0 Å². The Morgan fingerprint density at radius 2 is 2.00 bits per heavy atom. The number of ether oxygens (including phenoxy) is 1. The van der Waals surface area contributed by atoms with Crippen molar-refractivity contribution in [1.29, 1.82) is 0 Å². The number of hydrogen-bond acceptors (Lipinski definition) is 4. The molecule has 0 saturated carbocycles. The second-order valence-corrected chi connectivity index (χ2v) is 4.75. The summed E-state index contributed by atoms with van der Waals surface area (Å²) in [6.45, 7) is 0.612. The molecule has 21 heavy (non-hydrogen) atoms. The van der Waals surface area contributed by atoms with Gasteiger partial charge in [-0.1, -0.05) is 30.3 Å². The maximum Gasteiger partial charge on any atom is 0.410 e. The van der Waals surface area contributed by atoms with Gasteiger partial charge in [-0.2, -0.15) is 0 Å². The van der Waals surface area contributed by atoms with E-state index in [9.17, 15) is 9.59 Å². The molecule has 0 radical (unpaired) electrons. The van der Waals surface area contributed by atoms with Crippen molar-refractivity contribution in [2.45, 2.75) is 19.7 Å². The first-order valence-corrected chi connectivity index (χ1v) is 6.43. The van der Waals surface area contributed by atoms with Crippen molar-refractivity contribution in [2.24, 2.45) is 0 Å². The maximum atomic E-state index is 12.0. The second-order valence-electron chi connectivity index (χ2n) is 4.75. The van der Waals surface area contributed by atoms with Crippen LogP contribution in [0.25, 0.3) is 0 Å². The zero-order valence-electron chi connectivity index (χ0n) is 11.1. The number of carboxylic acids is 1. The smallest absolute Gasteiger partial charge is 0.410 e. The predicted octanol–water partition coefficient (Wildman–Crippen LogP) is 2.63. The van der Waals surface area contributed by atoms with E-state index in [4.69, 9.17) is 14.3 Å². The predicted molar refractivity (Wildman–Crippen MR) is 71.5 cm³/mol. The van der Waals surface area contributed by atoms with Crippen LogP contribution in [0.1, 0.15) is 27.2 Å². The van der Waals surface area contributed by atoms with Gasteiger partial charge in [0.25, 0.3) is 0 Å². The fourth-order valence-corrected chi connectivity index (χ4v) is 2.27. The molecule has 1 N–H and O–H groups in total. The van der Waals surface area contributed by atoms with Crippen LogP contribution in [-0.2, 0) is 24.4 Å². The van der Waals surface area contributed by atoms with Gasteiger partial charge in [-0.3, -0.25) is 4.90 Å². The lowest BCUT2D eigenvalue weighted by atomic mass is 10.2. The van der Waals surface area contributed by atoms with E-state index in [-0.39, 0.29) is 25.3 Å². The first-order valence-electron chi connectivity index (χ1n) is 6.43. The molecule has 1 aromatic heterocycles. The van der Waals surface area contributed by atoms with Gasteiger partial charge in [0, 0.05) is 5.56 Å². The number of carbonyl (C=O) groups excluding carboxylic acids is 1. The normalized spacial score (nSPS) is 13.0. The van der Waals surface area contributed by atoms with Crippen LogP contribution in [0, 0.1) is 0 Å². The highest BCUT2D eigenvalue weighted by Crippen LogP contribution is 2.28. The minimum atomic E-state index is -1.06. The van der Waals surface area contributed by atoms with Gasteiger partial charge in [-0.25, -0.2) is 9.59 Å². The minimum absolute atomic E-state index is 0.100. The quantitative estimate of drug-likeness (QED) is 0.938. The molecule has 6 nitrogen and oxygen atoms in total. The van der Waals surface area contributed by atoms with E-state index in [0.717, 1.165) is 5.56 Å². The number of benzene rings is 1. The number of carboxylic acid groups (broad SMARTS) is 1. The summed E-state index contributed by atoms with van der Waals surface area (Å²) in [4.78, 5) is 24.4. The van der Waals surface area contributed by atoms with E-state index in [1.165, 1.54) is 11.2 Å². The molecule has 0 fully saturated rings. The van der Waals surface area contributed by atoms with Crippen LogP contribution in [0.4, 0.5) is 4.79 Å². The highest BCUT2D eigenvalue weighted by Gasteiger charge is 2.31. The first-order chi connectivity index (χ1) is 10.1. The Labute approximate surface area is 120 Å². The molecule has 3 rings (SSSR count). The lowest BCUT2D eigenvalue weighted by Gasteiger charge is -2.15. The van der Waals surface area contributed by atoms with E-state index < -0.39 is 12.1 Å². The van der Waals surface area contributed by atoms with Gasteiger partial charge in [0.05, 0.1) is 13.1 Å². The first kappa shape index (κ1) is 13.2. The van der Waals surface area contributed by atoms with Crippen molar-refractivity contribution < 1.29 is 23.8 Å². The van der Waals surface area contributed by atoms with Crippen LogP contribution in [0.5, 0.6) is 0 Å². The molecular formula is C15H13NO5. The number of nitrogens with zero attached hydrogens (tertiary/aromatic N) is 1. The molecule has 0 saturated heterocycles. The standard InChI is InChI=1S/C15H13NO5/c17-14(18)12-9-20-13-7-16(6-11(12)13)15(19)21-8-10-4-2-1-3-5-10/h1-5,9H,6-8H2,(H,17,18). The molecule has 1 amide bonds. The Kier molecular flexibility index (Phi) is 3.35. The van der Waals surface area contributed by atoms with Crippen LogP contribution in [0.15, 0.2) is 41.0 Å². The molecule has 1 aliphatic rings. The zero-order valence-corrected chi connectivity index (χ0v) is 11.1. The monoisotopic (exact) mass is 287 g/mol. The molecule has 2 heterocycles. The van der Waals surface area contributed by atoms with Crippen molar-refractivity contribution in [2.75, 3.05) is 0 Å². The van der Waals surface area contributed by atoms with Gasteiger partial charge in [0.1, 0.15) is 24.2 Å². The maximum absolute atomic E-state index is 12.0. The molecule has 1 aromatic carbocycles. The van der Waals surface area contributed by atoms with Gasteiger partial charge in [0.2, 0.25) is 0 Å². The van der Waals surface area contributed by atoms with Gasteiger partial charge >= 0.3 is 12.1 Å². The summed E-state index contributed by atoms with van der Waals surface area (Å²) in [7, 11) is 0. The summed E-state index contributed by atoms with van der Waals surface area (Å²) in [5, 5.41) is 9.02. The summed E-state index contributed by atoms with van der Waals surface area (Å²) in [5.74, 6) is -0.552. The molecule has 0 atom stereocenters. The fourth-order valence-electron chi connectivity index (χ4n) is 2.27. The molecule has 0 spiro atoms. The highest BCUT2D eigenvalue weighted by molar-refractivity contribution is 5.89. The average Bonchev–Trinajstić information content (AvgIpc) is 3.05. The topological polar surface area (TPSA) is 80.0 Å². The molecule has 1 aliphatic heterocycles. The summed E-state index contributed by atoms with van der Waals surface area (Å²) in [6.07, 6.45) is 0.723. The van der Waals surface area contributed by atoms with Crippen molar-refractivity contribution in [3.8, 4) is 0 Å². The number of fused-ring (bicyclic) bond motifs is 1. The molecule has 0 aliphatic carbocycles. The Morgan fingerprint density at radius 3 is 2.71 bits per heavy atom. The fraction of sp³-hybridized carbons (Fsp3) is 0.200. The third-order valence-electron chi connectivity index (χ3n) is 3.36. The average molecular weight is 287 g/mol. The number of rotatable bonds is 3. The minimum Gasteiger partial charge on any atom is -0.478 e. The molecule has 0 bridgehead atoms. The van der Waals surface area contributed by atoms with E-state index in [1.807, 2.05) is 30.3 Å². The third-order valence-corrected chi connectivity index (χ3v) is 3.36. The summed E-state index contributed by atoms with van der Waals surface area (Å²) >= 11 is 0. The molecule has 2 aromatic rings. The largest absolute Gasteiger partial charge is 0.478 e. The molecule has 108 valence electrons. The Balaban J connectivity index is 1.62. The van der Waals surface area contributed by atoms with Crippen molar-refractivity contribution >= 4 is 12.1 Å². The third kappa shape index (κ3) is 2.60. The zero-order chi connectivity index (χ0) is 14.8. The van der Waals surface area contributed by atoms with Crippen LogP contribution in [0.3, 0.4) is 0 Å². The lowest BCUT2D eigenvalue weighted by Crippen LogP contribution is -2.26. The Bertz CT molecular complexity index is 677. The van der Waals surface area contributed by atoms with Gasteiger partial charge in [0.15, 0.2) is 0 Å². The van der Waals surface area contributed by atoms with Gasteiger partial charge in [-0.05, 0) is 5.56 Å². The number of aromatic carboxylic acids is 1. The van der Waals surface area contributed by atoms with Crippen molar-refractivity contribution in [3.05, 3.63) is 59.0 Å². The van der Waals surface area contributed by atoms with E-state index >= 15 is 0 Å². The number of hydrogen-bond donors (Lipinski definition) is 1. The van der Waals surface area contributed by atoms with Crippen LogP contribution in [0.2, 0.25) is 0 Å². The van der Waals surface area contributed by atoms with Crippen LogP contribution >= 0.6 is 0 Å². The number of furan rings is 1. The van der Waals surface area contributed by atoms with E-state index in [1.54, 1.807) is 0 Å². The SMILES string of the molecule is O=C(O)c1coc2c1CN(C(=O)OCc1ccccc1)C2. The summed E-state index contributed by atoms with van der Waals surface area (Å²) in [6, 6.07) is 9.35. The number of amides is 1. The molecular weight excluding hydrogens is 274 g/mol. The van der Waals surface area contributed by atoms with E-state index in [2.05, 4.69) is 0 Å². The van der Waals surface area contributed by atoms with Gasteiger partial charge < -0.3 is 14.3 Å². The van der Waals surface area contributed by atoms with Crippen LogP contribution < -0.4 is 0 Å². The summed E-state index contributed by atoms with van der Waals surface area (Å²) < 4.78 is 10.4. The van der Waals surface area contributed by atoms with E-state index in [0.29, 0.717) is 11.3 Å². The Hall–Kier alpha value is -2.76. The summed E-state index contributed by atoms with van der Waals surface area (Å²) in [5.41, 5.74) is 1.54. The Morgan fingerprint density at radius 1 is 1.24 bits per heavy atom. The van der Waals surface area contributed by atoms with Crippen molar-refractivity contribution in [3.63, 3.8) is 0 Å². The van der Waals surface area contributed by atoms with Crippen molar-refractivity contribution in [1.82, 2.24) is 4.90 Å². The second kappa shape index (κ2) is 5.32. The molecule has 6 heteroatoms. The van der Waals surface area contributed by atoms with Crippen LogP contribution in [-0.4, -0.2) is 22.1 Å².